The summed E-state index contributed by atoms with van der Waals surface area (Å²) < 4.78 is 6.78. The van der Waals surface area contributed by atoms with Crippen molar-refractivity contribution in [1.82, 2.24) is 0 Å². The second kappa shape index (κ2) is 16.1. The number of nitrogens with zero attached hydrogens (tertiary/aromatic N) is 1. The van der Waals surface area contributed by atoms with Crippen LogP contribution in [0.15, 0.2) is 283 Å². The average molecular weight is 996 g/mol. The molecule has 3 heteroatoms. The van der Waals surface area contributed by atoms with Crippen molar-refractivity contribution in [2.24, 2.45) is 0 Å². The van der Waals surface area contributed by atoms with Crippen LogP contribution in [0.1, 0.15) is 44.5 Å². The van der Waals surface area contributed by atoms with Gasteiger partial charge in [-0.25, -0.2) is 0 Å². The van der Waals surface area contributed by atoms with Crippen LogP contribution in [-0.2, 0) is 10.8 Å². The molecule has 4 aliphatic rings. The fourth-order valence-electron chi connectivity index (χ4n) is 14.3. The Bertz CT molecular complexity index is 4340. The topological polar surface area (TPSA) is 12.5 Å². The molecule has 0 radical (unpaired) electrons. The van der Waals surface area contributed by atoms with E-state index in [0.29, 0.717) is 0 Å². The summed E-state index contributed by atoms with van der Waals surface area (Å²) in [6.45, 7) is 0. The zero-order valence-electron chi connectivity index (χ0n) is 41.7. The summed E-state index contributed by atoms with van der Waals surface area (Å²) in [4.78, 5) is 5.09. The van der Waals surface area contributed by atoms with Crippen molar-refractivity contribution in [2.75, 3.05) is 4.90 Å². The number of ether oxygens (including phenoxy) is 1. The number of anilines is 3. The molecule has 17 rings (SSSR count). The van der Waals surface area contributed by atoms with Crippen molar-refractivity contribution < 1.29 is 4.74 Å². The highest BCUT2D eigenvalue weighted by Gasteiger charge is 2.52. The van der Waals surface area contributed by atoms with Gasteiger partial charge in [0.1, 0.15) is 11.5 Å². The van der Waals surface area contributed by atoms with E-state index in [9.17, 15) is 0 Å². The van der Waals surface area contributed by atoms with Gasteiger partial charge in [0.25, 0.3) is 0 Å². The summed E-state index contributed by atoms with van der Waals surface area (Å²) in [6.07, 6.45) is 0. The van der Waals surface area contributed by atoms with Gasteiger partial charge < -0.3 is 9.64 Å². The van der Waals surface area contributed by atoms with Crippen molar-refractivity contribution in [1.29, 1.82) is 0 Å². The number of hydrogen-bond donors (Lipinski definition) is 0. The highest BCUT2D eigenvalue weighted by Crippen LogP contribution is 2.65. The number of rotatable bonds is 4. The molecule has 0 amide bonds. The third kappa shape index (κ3) is 5.76. The molecule has 2 aliphatic carbocycles. The van der Waals surface area contributed by atoms with Crippen LogP contribution in [0.5, 0.6) is 11.5 Å². The molecule has 13 aromatic carbocycles. The molecular weight excluding hydrogens is 951 g/mol. The van der Waals surface area contributed by atoms with Crippen molar-refractivity contribution in [3.8, 4) is 44.9 Å². The summed E-state index contributed by atoms with van der Waals surface area (Å²) in [7, 11) is 0. The van der Waals surface area contributed by atoms with E-state index in [2.05, 4.69) is 278 Å². The minimum Gasteiger partial charge on any atom is -0.457 e. The summed E-state index contributed by atoms with van der Waals surface area (Å²) in [5, 5.41) is 7.67. The Labute approximate surface area is 451 Å². The van der Waals surface area contributed by atoms with Gasteiger partial charge in [-0.05, 0) is 166 Å². The summed E-state index contributed by atoms with van der Waals surface area (Å²) in [5.74, 6) is 1.77. The summed E-state index contributed by atoms with van der Waals surface area (Å²) in [6, 6.07) is 102. The molecule has 0 aromatic heterocycles. The first-order valence-corrected chi connectivity index (χ1v) is 27.5. The van der Waals surface area contributed by atoms with Gasteiger partial charge in [0.05, 0.1) is 10.8 Å². The Hall–Kier alpha value is -9.41. The van der Waals surface area contributed by atoms with Gasteiger partial charge in [-0.3, -0.25) is 0 Å². The maximum atomic E-state index is 6.78. The summed E-state index contributed by atoms with van der Waals surface area (Å²) in [5.41, 5.74) is 19.6. The average Bonchev–Trinajstić information content (AvgIpc) is 3.94. The zero-order chi connectivity index (χ0) is 50.4. The third-order valence-electron chi connectivity index (χ3n) is 17.4. The van der Waals surface area contributed by atoms with Crippen LogP contribution in [0.2, 0.25) is 0 Å². The molecule has 0 saturated heterocycles. The molecule has 0 fully saturated rings. The molecule has 0 N–H and O–H groups in total. The van der Waals surface area contributed by atoms with E-state index < -0.39 is 10.8 Å². The molecule has 2 nitrogen and oxygen atoms in total. The van der Waals surface area contributed by atoms with Crippen LogP contribution in [0.4, 0.5) is 17.1 Å². The second-order valence-electron chi connectivity index (χ2n) is 21.0. The Kier molecular flexibility index (Phi) is 8.94. The Morgan fingerprint density at radius 1 is 0.260 bits per heavy atom. The highest BCUT2D eigenvalue weighted by molar-refractivity contribution is 7.99. The predicted molar refractivity (Wildman–Crippen MR) is 318 cm³/mol. The van der Waals surface area contributed by atoms with E-state index in [-0.39, 0.29) is 0 Å². The van der Waals surface area contributed by atoms with Gasteiger partial charge in [-0.15, -0.1) is 0 Å². The second-order valence-corrected chi connectivity index (χ2v) is 22.1. The molecule has 0 atom stereocenters. The Morgan fingerprint density at radius 3 is 1.17 bits per heavy atom. The van der Waals surface area contributed by atoms with Crippen LogP contribution in [0.25, 0.3) is 65.7 Å². The van der Waals surface area contributed by atoms with Crippen LogP contribution in [0, 0.1) is 0 Å². The first-order chi connectivity index (χ1) is 38.2. The van der Waals surface area contributed by atoms with Gasteiger partial charge in [-0.1, -0.05) is 218 Å². The number of hydrogen-bond acceptors (Lipinski definition) is 3. The van der Waals surface area contributed by atoms with Crippen molar-refractivity contribution in [3.63, 3.8) is 0 Å². The minimum absolute atomic E-state index is 0.527. The fourth-order valence-corrected chi connectivity index (χ4v) is 15.5. The smallest absolute Gasteiger partial charge is 0.132 e. The Morgan fingerprint density at radius 2 is 0.636 bits per heavy atom. The van der Waals surface area contributed by atoms with E-state index in [1.54, 1.807) is 0 Å². The zero-order valence-corrected chi connectivity index (χ0v) is 42.6. The highest BCUT2D eigenvalue weighted by atomic mass is 32.2. The molecule has 13 aromatic rings. The molecule has 358 valence electrons. The van der Waals surface area contributed by atoms with Crippen molar-refractivity contribution in [2.45, 2.75) is 20.6 Å². The number of benzene rings is 13. The lowest BCUT2D eigenvalue weighted by atomic mass is 9.66. The van der Waals surface area contributed by atoms with Gasteiger partial charge in [0.2, 0.25) is 0 Å². The monoisotopic (exact) mass is 995 g/mol. The minimum atomic E-state index is -0.620. The van der Waals surface area contributed by atoms with Gasteiger partial charge in [0.15, 0.2) is 0 Å². The van der Waals surface area contributed by atoms with E-state index in [4.69, 9.17) is 4.74 Å². The van der Waals surface area contributed by atoms with Gasteiger partial charge >= 0.3 is 0 Å². The van der Waals surface area contributed by atoms with Crippen LogP contribution >= 0.6 is 11.8 Å². The quantitative estimate of drug-likeness (QED) is 0.163. The lowest BCUT2D eigenvalue weighted by Crippen LogP contribution is -2.32. The molecule has 2 aliphatic heterocycles. The first kappa shape index (κ1) is 42.9. The molecule has 0 saturated carbocycles. The lowest BCUT2D eigenvalue weighted by molar-refractivity contribution is 0.436. The maximum Gasteiger partial charge on any atom is 0.132 e. The van der Waals surface area contributed by atoms with E-state index in [1.807, 2.05) is 11.8 Å². The van der Waals surface area contributed by atoms with Gasteiger partial charge in [-0.2, -0.15) is 0 Å². The fraction of sp³-hybridized carbons (Fsp3) is 0.0270. The summed E-state index contributed by atoms with van der Waals surface area (Å²) >= 11 is 1.89. The van der Waals surface area contributed by atoms with Crippen molar-refractivity contribution >= 4 is 61.1 Å². The van der Waals surface area contributed by atoms with Crippen molar-refractivity contribution in [3.05, 3.63) is 317 Å². The predicted octanol–water partition coefficient (Wildman–Crippen LogP) is 19.6. The maximum absolute atomic E-state index is 6.78. The van der Waals surface area contributed by atoms with Crippen LogP contribution in [-0.4, -0.2) is 0 Å². The number of para-hydroxylation sites is 2. The molecule has 0 unspecified atom stereocenters. The molecule has 2 spiro atoms. The van der Waals surface area contributed by atoms with Crippen LogP contribution < -0.4 is 9.64 Å². The molecular formula is C74H45NOS. The largest absolute Gasteiger partial charge is 0.457 e. The van der Waals surface area contributed by atoms with E-state index in [0.717, 1.165) is 39.7 Å². The Balaban J connectivity index is 0.904. The molecule has 0 bridgehead atoms. The number of fused-ring (bicyclic) bond motifs is 24. The molecule has 77 heavy (non-hydrogen) atoms. The standard InChI is InChI=1S/C74H45NOS/c1-2-19-53-51(17-1)52-18-3-4-20-54(52)60-43-47(35-40-55(53)60)46-33-36-48(37-34-46)75(49-38-41-58-56-21-5-7-23-61(56)73(67(58)44-49)63-25-9-13-29-69(63)76-70-30-14-10-26-64(70)73)50-39-42-59-57-22-6-8-24-62(57)74(68(59)45-50)65-27-11-15-31-71(65)77-72-32-16-12-28-66(72)74/h1-45H. The van der Waals surface area contributed by atoms with E-state index >= 15 is 0 Å². The molecule has 2 heterocycles. The van der Waals surface area contributed by atoms with Gasteiger partial charge in [0, 0.05) is 38.0 Å². The lowest BCUT2D eigenvalue weighted by Gasteiger charge is -2.40. The normalized spacial score (nSPS) is 14.2. The SMILES string of the molecule is c1ccc2c(c1)Oc1ccccc1C21c2ccccc2-c2ccc(N(c3ccc(-c4ccc5c6ccccc6c6ccccc6c5c4)cc3)c3ccc4c(c3)C3(c5ccccc5Sc5ccccc53)c3ccccc3-4)cc21. The van der Waals surface area contributed by atoms with Crippen LogP contribution in [0.3, 0.4) is 0 Å². The van der Waals surface area contributed by atoms with E-state index in [1.165, 1.54) is 109 Å². The first-order valence-electron chi connectivity index (χ1n) is 26.6. The third-order valence-corrected chi connectivity index (χ3v) is 18.5.